The van der Waals surface area contributed by atoms with Crippen molar-refractivity contribution in [3.8, 4) is 0 Å². The number of aliphatic hydroxyl groups is 1. The number of halogens is 1. The van der Waals surface area contributed by atoms with Gasteiger partial charge in [-0.25, -0.2) is 0 Å². The summed E-state index contributed by atoms with van der Waals surface area (Å²) in [6, 6.07) is 18.8. The molecule has 31 heavy (non-hydrogen) atoms. The Morgan fingerprint density at radius 2 is 1.68 bits per heavy atom. The standard InChI is InChI=1S/C25H36N4O.HI/c1-20-12-14-29(15-13-20)18-23-11-7-6-10-22(23)16-27-25(26-2)28-17-24(19-30)21-8-4-3-5-9-21;/h3-11,20,24,30H,12-19H2,1-2H3,(H2,26,27,28);1H. The maximum absolute atomic E-state index is 9.78. The molecule has 0 radical (unpaired) electrons. The van der Waals surface area contributed by atoms with Crippen LogP contribution in [-0.2, 0) is 13.1 Å². The number of aliphatic imine (C=N–C) groups is 1. The molecule has 1 unspecified atom stereocenters. The summed E-state index contributed by atoms with van der Waals surface area (Å²) in [6.45, 7) is 7.21. The summed E-state index contributed by atoms with van der Waals surface area (Å²) in [5.41, 5.74) is 3.82. The highest BCUT2D eigenvalue weighted by atomic mass is 127. The molecule has 0 aromatic heterocycles. The van der Waals surface area contributed by atoms with Crippen LogP contribution in [0.25, 0.3) is 0 Å². The molecule has 2 aromatic rings. The quantitative estimate of drug-likeness (QED) is 0.272. The molecular formula is C25H37IN4O. The van der Waals surface area contributed by atoms with E-state index >= 15 is 0 Å². The molecule has 1 atom stereocenters. The van der Waals surface area contributed by atoms with Crippen molar-refractivity contribution in [3.63, 3.8) is 0 Å². The van der Waals surface area contributed by atoms with Crippen molar-refractivity contribution in [3.05, 3.63) is 71.3 Å². The lowest BCUT2D eigenvalue weighted by molar-refractivity contribution is 0.185. The van der Waals surface area contributed by atoms with Gasteiger partial charge in [0.2, 0.25) is 0 Å². The largest absolute Gasteiger partial charge is 0.396 e. The molecule has 5 nitrogen and oxygen atoms in total. The van der Waals surface area contributed by atoms with Crippen LogP contribution in [0, 0.1) is 5.92 Å². The van der Waals surface area contributed by atoms with E-state index in [0.29, 0.717) is 6.54 Å². The number of guanidine groups is 1. The molecule has 1 saturated heterocycles. The number of nitrogens with one attached hydrogen (secondary N) is 2. The van der Waals surface area contributed by atoms with Crippen LogP contribution in [0.15, 0.2) is 59.6 Å². The molecule has 1 aliphatic heterocycles. The zero-order chi connectivity index (χ0) is 21.2. The Kier molecular flexibility index (Phi) is 11.3. The maximum Gasteiger partial charge on any atom is 0.191 e. The fourth-order valence-corrected chi connectivity index (χ4v) is 3.98. The summed E-state index contributed by atoms with van der Waals surface area (Å²) < 4.78 is 0. The normalized spacial score (nSPS) is 16.4. The fraction of sp³-hybridized carbons (Fsp3) is 0.480. The van der Waals surface area contributed by atoms with Gasteiger partial charge in [-0.3, -0.25) is 9.89 Å². The van der Waals surface area contributed by atoms with Crippen LogP contribution in [0.2, 0.25) is 0 Å². The molecule has 0 bridgehead atoms. The van der Waals surface area contributed by atoms with Gasteiger partial charge in [0, 0.05) is 32.6 Å². The predicted octanol–water partition coefficient (Wildman–Crippen LogP) is 3.98. The average Bonchev–Trinajstić information content (AvgIpc) is 2.79. The van der Waals surface area contributed by atoms with E-state index in [1.807, 2.05) is 18.2 Å². The summed E-state index contributed by atoms with van der Waals surface area (Å²) in [6.07, 6.45) is 2.59. The third kappa shape index (κ3) is 8.09. The van der Waals surface area contributed by atoms with Gasteiger partial charge in [0.05, 0.1) is 6.61 Å². The number of nitrogens with zero attached hydrogens (tertiary/aromatic N) is 2. The first-order valence-electron chi connectivity index (χ1n) is 11.1. The van der Waals surface area contributed by atoms with E-state index in [0.717, 1.165) is 30.5 Å². The smallest absolute Gasteiger partial charge is 0.191 e. The first-order chi connectivity index (χ1) is 14.7. The van der Waals surface area contributed by atoms with E-state index < -0.39 is 0 Å². The molecular weight excluding hydrogens is 499 g/mol. The van der Waals surface area contributed by atoms with Crippen LogP contribution in [0.1, 0.15) is 42.4 Å². The molecule has 0 amide bonds. The summed E-state index contributed by atoms with van der Waals surface area (Å²) in [5, 5.41) is 16.6. The molecule has 2 aromatic carbocycles. The molecule has 1 aliphatic rings. The number of aliphatic hydroxyl groups excluding tert-OH is 1. The Bertz CT molecular complexity index is 791. The van der Waals surface area contributed by atoms with Crippen LogP contribution in [0.5, 0.6) is 0 Å². The van der Waals surface area contributed by atoms with Crippen molar-refractivity contribution in [2.45, 2.75) is 38.8 Å². The van der Waals surface area contributed by atoms with Crippen molar-refractivity contribution in [1.29, 1.82) is 0 Å². The summed E-state index contributed by atoms with van der Waals surface area (Å²) >= 11 is 0. The molecule has 6 heteroatoms. The zero-order valence-corrected chi connectivity index (χ0v) is 21.1. The molecule has 0 saturated carbocycles. The minimum atomic E-state index is 0. The van der Waals surface area contributed by atoms with Crippen molar-refractivity contribution >= 4 is 29.9 Å². The van der Waals surface area contributed by atoms with E-state index in [1.54, 1.807) is 7.05 Å². The summed E-state index contributed by atoms with van der Waals surface area (Å²) in [7, 11) is 1.78. The van der Waals surface area contributed by atoms with Crippen molar-refractivity contribution in [2.75, 3.05) is 33.3 Å². The fourth-order valence-electron chi connectivity index (χ4n) is 3.98. The molecule has 1 fully saturated rings. The highest BCUT2D eigenvalue weighted by molar-refractivity contribution is 14.0. The van der Waals surface area contributed by atoms with Gasteiger partial charge in [0.15, 0.2) is 5.96 Å². The van der Waals surface area contributed by atoms with E-state index in [2.05, 4.69) is 63.8 Å². The lowest BCUT2D eigenvalue weighted by Gasteiger charge is -2.30. The number of hydrogen-bond donors (Lipinski definition) is 3. The Labute approximate surface area is 204 Å². The van der Waals surface area contributed by atoms with Crippen LogP contribution < -0.4 is 10.6 Å². The minimum Gasteiger partial charge on any atom is -0.396 e. The number of rotatable bonds is 8. The summed E-state index contributed by atoms with van der Waals surface area (Å²) in [5.74, 6) is 1.65. The van der Waals surface area contributed by atoms with Gasteiger partial charge in [-0.15, -0.1) is 24.0 Å². The average molecular weight is 537 g/mol. The SMILES string of the molecule is CN=C(NCc1ccccc1CN1CCC(C)CC1)NCC(CO)c1ccccc1.I. The van der Waals surface area contributed by atoms with E-state index in [1.165, 1.54) is 37.1 Å². The number of hydrogen-bond acceptors (Lipinski definition) is 3. The van der Waals surface area contributed by atoms with Gasteiger partial charge in [-0.05, 0) is 48.5 Å². The van der Waals surface area contributed by atoms with E-state index in [9.17, 15) is 5.11 Å². The zero-order valence-electron chi connectivity index (χ0n) is 18.8. The second-order valence-electron chi connectivity index (χ2n) is 8.32. The number of piperidine rings is 1. The second kappa shape index (κ2) is 13.7. The topological polar surface area (TPSA) is 59.9 Å². The van der Waals surface area contributed by atoms with Crippen molar-refractivity contribution < 1.29 is 5.11 Å². The Morgan fingerprint density at radius 1 is 1.03 bits per heavy atom. The molecule has 0 aliphatic carbocycles. The first-order valence-corrected chi connectivity index (χ1v) is 11.1. The molecule has 3 rings (SSSR count). The van der Waals surface area contributed by atoms with Gasteiger partial charge in [0.25, 0.3) is 0 Å². The van der Waals surface area contributed by atoms with Gasteiger partial charge < -0.3 is 15.7 Å². The molecule has 1 heterocycles. The predicted molar refractivity (Wildman–Crippen MR) is 140 cm³/mol. The van der Waals surface area contributed by atoms with Gasteiger partial charge in [-0.2, -0.15) is 0 Å². The molecule has 0 spiro atoms. The van der Waals surface area contributed by atoms with Gasteiger partial charge >= 0.3 is 0 Å². The molecule has 170 valence electrons. The first kappa shape index (κ1) is 25.6. The van der Waals surface area contributed by atoms with Gasteiger partial charge in [0.1, 0.15) is 0 Å². The Balaban J connectivity index is 0.00000341. The highest BCUT2D eigenvalue weighted by Gasteiger charge is 2.17. The number of benzene rings is 2. The van der Waals surface area contributed by atoms with Crippen molar-refractivity contribution in [2.24, 2.45) is 10.9 Å². The Hall–Kier alpha value is -1.64. The van der Waals surface area contributed by atoms with Crippen LogP contribution in [0.3, 0.4) is 0 Å². The highest BCUT2D eigenvalue weighted by Crippen LogP contribution is 2.19. The van der Waals surface area contributed by atoms with E-state index in [-0.39, 0.29) is 36.5 Å². The maximum atomic E-state index is 9.78. The van der Waals surface area contributed by atoms with Crippen LogP contribution in [-0.4, -0.2) is 49.3 Å². The van der Waals surface area contributed by atoms with Crippen LogP contribution >= 0.6 is 24.0 Å². The van der Waals surface area contributed by atoms with E-state index in [4.69, 9.17) is 0 Å². The molecule has 3 N–H and O–H groups in total. The second-order valence-corrected chi connectivity index (χ2v) is 8.32. The van der Waals surface area contributed by atoms with Crippen molar-refractivity contribution in [1.82, 2.24) is 15.5 Å². The third-order valence-electron chi connectivity index (χ3n) is 6.07. The summed E-state index contributed by atoms with van der Waals surface area (Å²) in [4.78, 5) is 6.93. The van der Waals surface area contributed by atoms with Gasteiger partial charge in [-0.1, -0.05) is 61.5 Å². The Morgan fingerprint density at radius 3 is 2.32 bits per heavy atom. The lowest BCUT2D eigenvalue weighted by Crippen LogP contribution is -2.39. The minimum absolute atomic E-state index is 0. The third-order valence-corrected chi connectivity index (χ3v) is 6.07. The van der Waals surface area contributed by atoms with Crippen LogP contribution in [0.4, 0.5) is 0 Å². The number of likely N-dealkylation sites (tertiary alicyclic amines) is 1. The lowest BCUT2D eigenvalue weighted by atomic mass is 9.98. The monoisotopic (exact) mass is 536 g/mol.